The monoisotopic (exact) mass is 1440 g/mol. The Morgan fingerprint density at radius 1 is 0.290 bits per heavy atom. The molecule has 0 aromatic rings. The minimum absolute atomic E-state index is 0.0693. The van der Waals surface area contributed by atoms with Gasteiger partial charge in [0.25, 0.3) is 0 Å². The molecule has 5 unspecified atom stereocenters. The number of aliphatic hydroxyl groups excluding tert-OH is 1. The first-order valence-corrected chi connectivity index (χ1v) is 41.4. The summed E-state index contributed by atoms with van der Waals surface area (Å²) >= 11 is 0. The molecule has 17 nitrogen and oxygen atoms in total. The number of phosphoric acid groups is 2. The van der Waals surface area contributed by atoms with Crippen LogP contribution in [0.15, 0.2) is 134 Å². The summed E-state index contributed by atoms with van der Waals surface area (Å²) < 4.78 is 68.4. The molecule has 19 heteroatoms. The van der Waals surface area contributed by atoms with Crippen molar-refractivity contribution in [3.63, 3.8) is 0 Å². The number of carbonyl (C=O) groups excluding carboxylic acids is 4. The number of rotatable bonds is 71. The van der Waals surface area contributed by atoms with Crippen LogP contribution >= 0.6 is 15.6 Å². The molecular weight excluding hydrogens is 1310 g/mol. The molecule has 0 aromatic heterocycles. The molecule has 0 saturated heterocycles. The predicted octanol–water partition coefficient (Wildman–Crippen LogP) is 22.1. The number of phosphoric ester groups is 2. The highest BCUT2D eigenvalue weighted by atomic mass is 31.2. The van der Waals surface area contributed by atoms with Crippen molar-refractivity contribution in [3.8, 4) is 0 Å². The van der Waals surface area contributed by atoms with E-state index in [1.54, 1.807) is 0 Å². The van der Waals surface area contributed by atoms with Gasteiger partial charge in [-0.25, -0.2) is 9.13 Å². The Balaban J connectivity index is 5.43. The van der Waals surface area contributed by atoms with E-state index in [9.17, 15) is 43.2 Å². The van der Waals surface area contributed by atoms with Gasteiger partial charge in [0, 0.05) is 25.7 Å². The lowest BCUT2D eigenvalue weighted by Gasteiger charge is -2.21. The molecule has 0 rings (SSSR count). The van der Waals surface area contributed by atoms with E-state index in [-0.39, 0.29) is 25.7 Å². The number of carbonyl (C=O) groups is 4. The molecule has 0 aliphatic carbocycles. The Hall–Kier alpha value is -4.80. The van der Waals surface area contributed by atoms with Crippen LogP contribution in [0.3, 0.4) is 0 Å². The van der Waals surface area contributed by atoms with Crippen molar-refractivity contribution >= 4 is 39.5 Å². The van der Waals surface area contributed by atoms with E-state index >= 15 is 0 Å². The van der Waals surface area contributed by atoms with Crippen molar-refractivity contribution in [2.45, 2.75) is 316 Å². The molecule has 3 N–H and O–H groups in total. The Morgan fingerprint density at radius 2 is 0.530 bits per heavy atom. The zero-order chi connectivity index (χ0) is 73.2. The minimum Gasteiger partial charge on any atom is -0.462 e. The molecule has 0 aromatic carbocycles. The van der Waals surface area contributed by atoms with Crippen LogP contribution in [-0.2, 0) is 65.4 Å². The van der Waals surface area contributed by atoms with Crippen LogP contribution in [0.25, 0.3) is 0 Å². The Morgan fingerprint density at radius 3 is 0.870 bits per heavy atom. The molecule has 0 fully saturated rings. The zero-order valence-electron chi connectivity index (χ0n) is 62.3. The maximum atomic E-state index is 13.1. The molecule has 0 spiro atoms. The maximum absolute atomic E-state index is 13.1. The van der Waals surface area contributed by atoms with Gasteiger partial charge in [-0.05, 0) is 154 Å². The Kier molecular flexibility index (Phi) is 69.1. The van der Waals surface area contributed by atoms with Gasteiger partial charge in [-0.3, -0.25) is 37.3 Å². The van der Waals surface area contributed by atoms with Crippen LogP contribution in [0.2, 0.25) is 0 Å². The first-order chi connectivity index (χ1) is 48.7. The van der Waals surface area contributed by atoms with Crippen molar-refractivity contribution in [3.05, 3.63) is 134 Å². The highest BCUT2D eigenvalue weighted by Crippen LogP contribution is 2.45. The summed E-state index contributed by atoms with van der Waals surface area (Å²) in [5, 5.41) is 10.6. The third-order valence-corrected chi connectivity index (χ3v) is 17.5. The number of hydrogen-bond donors (Lipinski definition) is 3. The van der Waals surface area contributed by atoms with Crippen LogP contribution in [0.4, 0.5) is 0 Å². The average molecular weight is 1440 g/mol. The predicted molar refractivity (Wildman–Crippen MR) is 408 cm³/mol. The second-order valence-electron chi connectivity index (χ2n) is 25.2. The van der Waals surface area contributed by atoms with Gasteiger partial charge < -0.3 is 33.8 Å². The SMILES string of the molecule is CC/C=C\C/C=C\C/C=C\C/C=C\C/C=C\CCCC(=O)OCC(COP(=O)(O)OCC(O)COP(=O)(O)OCC(COC(=O)CCCCCCC/C=C\C/C=C\C/C=C\CC)OC(=O)CCCCCCC/C=C\C/C=C\CCCCC)OC(=O)CCCCCCC/C=C\CCCCCC. The lowest BCUT2D eigenvalue weighted by Crippen LogP contribution is -2.30. The van der Waals surface area contributed by atoms with Gasteiger partial charge in [-0.15, -0.1) is 0 Å². The number of unbranched alkanes of at least 4 members (excludes halogenated alkanes) is 23. The summed E-state index contributed by atoms with van der Waals surface area (Å²) in [7, 11) is -9.98. The number of aliphatic hydroxyl groups is 1. The van der Waals surface area contributed by atoms with E-state index in [0.717, 1.165) is 167 Å². The summed E-state index contributed by atoms with van der Waals surface area (Å²) in [4.78, 5) is 72.9. The minimum atomic E-state index is -4.99. The first kappa shape index (κ1) is 95.2. The lowest BCUT2D eigenvalue weighted by atomic mass is 10.1. The van der Waals surface area contributed by atoms with Crippen LogP contribution < -0.4 is 0 Å². The lowest BCUT2D eigenvalue weighted by molar-refractivity contribution is -0.161. The molecule has 5 atom stereocenters. The molecular formula is C81H136O17P2. The number of esters is 4. The van der Waals surface area contributed by atoms with Gasteiger partial charge in [-0.1, -0.05) is 251 Å². The van der Waals surface area contributed by atoms with Crippen LogP contribution in [0.5, 0.6) is 0 Å². The summed E-state index contributed by atoms with van der Waals surface area (Å²) in [5.41, 5.74) is 0. The first-order valence-electron chi connectivity index (χ1n) is 38.4. The van der Waals surface area contributed by atoms with Crippen molar-refractivity contribution in [2.24, 2.45) is 0 Å². The summed E-state index contributed by atoms with van der Waals surface area (Å²) in [6, 6.07) is 0. The van der Waals surface area contributed by atoms with Crippen molar-refractivity contribution < 1.29 is 80.2 Å². The van der Waals surface area contributed by atoms with Crippen LogP contribution in [-0.4, -0.2) is 96.7 Å². The quantitative estimate of drug-likeness (QED) is 0.0169. The van der Waals surface area contributed by atoms with E-state index in [0.29, 0.717) is 32.1 Å². The van der Waals surface area contributed by atoms with Crippen LogP contribution in [0.1, 0.15) is 297 Å². The molecule has 0 aliphatic heterocycles. The summed E-state index contributed by atoms with van der Waals surface area (Å²) in [5.74, 6) is -2.29. The molecule has 0 radical (unpaired) electrons. The third-order valence-electron chi connectivity index (χ3n) is 15.6. The highest BCUT2D eigenvalue weighted by molar-refractivity contribution is 7.47. The fourth-order valence-electron chi connectivity index (χ4n) is 9.76. The molecule has 572 valence electrons. The van der Waals surface area contributed by atoms with Crippen LogP contribution in [0, 0.1) is 0 Å². The van der Waals surface area contributed by atoms with Gasteiger partial charge in [0.1, 0.15) is 19.3 Å². The summed E-state index contributed by atoms with van der Waals surface area (Å²) in [6.45, 7) is 4.49. The average Bonchev–Trinajstić information content (AvgIpc) is 0.965. The standard InChI is InChI=1S/C81H136O17P2/c1-5-9-13-17-21-25-29-33-36-37-40-43-46-50-54-58-62-66-79(84)92-71-76(97-80(85)67-63-59-55-51-47-41-32-28-24-20-16-12-8-4)73-95-99(87,88)93-69-75(82)70-94-100(89,90)96-74-77(98-81(86)68-64-60-56-52-48-44-39-35-31-27-23-19-15-11-7-3)72-91-78(83)65-61-57-53-49-45-42-38-34-30-26-22-18-14-10-6-2/h9-10,13-14,21-23,25-28,32-36,38-40,43,50,54,75-77,82H,5-8,11-12,15-20,24,29-31,37,41-42,44-49,51-53,55-74H2,1-4H3,(H,87,88)(H,89,90)/b13-9-,14-10-,25-21-,26-22-,27-23-,32-28-,36-33-,38-34-,39-35-,43-40-,54-50-. The molecule has 0 amide bonds. The molecule has 0 aliphatic rings. The highest BCUT2D eigenvalue weighted by Gasteiger charge is 2.30. The van der Waals surface area contributed by atoms with Gasteiger partial charge in [0.15, 0.2) is 12.2 Å². The molecule has 0 saturated carbocycles. The second kappa shape index (κ2) is 72.5. The summed E-state index contributed by atoms with van der Waals surface area (Å²) in [6.07, 6.45) is 80.2. The normalized spacial score (nSPS) is 14.7. The Bertz CT molecular complexity index is 2420. The van der Waals surface area contributed by atoms with Gasteiger partial charge >= 0.3 is 39.5 Å². The number of hydrogen-bond acceptors (Lipinski definition) is 15. The topological polar surface area (TPSA) is 237 Å². The number of ether oxygens (including phenoxy) is 4. The van der Waals surface area contributed by atoms with Gasteiger partial charge in [0.2, 0.25) is 0 Å². The van der Waals surface area contributed by atoms with E-state index < -0.39 is 97.5 Å². The Labute approximate surface area is 605 Å². The van der Waals surface area contributed by atoms with Crippen molar-refractivity contribution in [2.75, 3.05) is 39.6 Å². The fraction of sp³-hybridized carbons (Fsp3) is 0.679. The van der Waals surface area contributed by atoms with Gasteiger partial charge in [-0.2, -0.15) is 0 Å². The van der Waals surface area contributed by atoms with Crippen molar-refractivity contribution in [1.82, 2.24) is 0 Å². The fourth-order valence-corrected chi connectivity index (χ4v) is 11.3. The van der Waals surface area contributed by atoms with Crippen molar-refractivity contribution in [1.29, 1.82) is 0 Å². The maximum Gasteiger partial charge on any atom is 0.472 e. The molecule has 100 heavy (non-hydrogen) atoms. The van der Waals surface area contributed by atoms with Gasteiger partial charge in [0.05, 0.1) is 26.4 Å². The van der Waals surface area contributed by atoms with E-state index in [4.69, 9.17) is 37.0 Å². The zero-order valence-corrected chi connectivity index (χ0v) is 64.1. The van der Waals surface area contributed by atoms with E-state index in [1.807, 2.05) is 12.2 Å². The second-order valence-corrected chi connectivity index (χ2v) is 28.1. The third kappa shape index (κ3) is 71.6. The molecule has 0 heterocycles. The largest absolute Gasteiger partial charge is 0.472 e. The molecule has 0 bridgehead atoms. The smallest absolute Gasteiger partial charge is 0.462 e. The van der Waals surface area contributed by atoms with E-state index in [1.165, 1.54) is 44.9 Å². The number of allylic oxidation sites excluding steroid dienone is 22. The van der Waals surface area contributed by atoms with E-state index in [2.05, 4.69) is 149 Å².